The molecule has 0 saturated carbocycles. The van der Waals surface area contributed by atoms with Crippen LogP contribution in [0.5, 0.6) is 0 Å². The lowest BCUT2D eigenvalue weighted by molar-refractivity contribution is -0.179. The van der Waals surface area contributed by atoms with Gasteiger partial charge in [-0.3, -0.25) is 0 Å². The maximum absolute atomic E-state index is 12.6. The zero-order valence-electron chi connectivity index (χ0n) is 10.7. The Morgan fingerprint density at radius 3 is 2.53 bits per heavy atom. The Kier molecular flexibility index (Phi) is 3.99. The van der Waals surface area contributed by atoms with Crippen molar-refractivity contribution in [3.63, 3.8) is 0 Å². The molecular formula is C13H17F3N2O. The second-order valence-electron chi connectivity index (χ2n) is 4.90. The number of rotatable bonds is 2. The van der Waals surface area contributed by atoms with E-state index in [1.165, 1.54) is 0 Å². The zero-order valence-corrected chi connectivity index (χ0v) is 10.7. The Hall–Kier alpha value is -1.30. The summed E-state index contributed by atoms with van der Waals surface area (Å²) in [5.74, 6) is -0.624. The van der Waals surface area contributed by atoms with Crippen LogP contribution < -0.4 is 4.90 Å². The van der Waals surface area contributed by atoms with Crippen LogP contribution in [0, 0.1) is 5.92 Å². The minimum absolute atomic E-state index is 0.0827. The highest BCUT2D eigenvalue weighted by molar-refractivity contribution is 5.48. The average Bonchev–Trinajstić information content (AvgIpc) is 2.38. The summed E-state index contributed by atoms with van der Waals surface area (Å²) in [6.07, 6.45) is -3.03. The van der Waals surface area contributed by atoms with E-state index in [2.05, 4.69) is 4.98 Å². The number of aromatic nitrogens is 1. The van der Waals surface area contributed by atoms with Gasteiger partial charge in [-0.25, -0.2) is 4.98 Å². The van der Waals surface area contributed by atoms with E-state index in [0.29, 0.717) is 24.5 Å². The number of alkyl halides is 3. The second kappa shape index (κ2) is 5.36. The minimum Gasteiger partial charge on any atom is -0.389 e. The summed E-state index contributed by atoms with van der Waals surface area (Å²) in [7, 11) is 0. The number of hydrogen-bond donors (Lipinski definition) is 1. The molecule has 2 heterocycles. The predicted octanol–water partition coefficient (Wildman–Crippen LogP) is 2.91. The van der Waals surface area contributed by atoms with Gasteiger partial charge in [0.05, 0.1) is 12.0 Å². The Bertz CT molecular complexity index is 426. The van der Waals surface area contributed by atoms with E-state index >= 15 is 0 Å². The fourth-order valence-corrected chi connectivity index (χ4v) is 2.42. The van der Waals surface area contributed by atoms with Crippen LogP contribution in [0.1, 0.15) is 31.4 Å². The van der Waals surface area contributed by atoms with Crippen molar-refractivity contribution in [2.24, 2.45) is 5.92 Å². The monoisotopic (exact) mass is 274 g/mol. The first-order valence-electron chi connectivity index (χ1n) is 6.34. The molecule has 1 aromatic rings. The summed E-state index contributed by atoms with van der Waals surface area (Å²) in [6.45, 7) is 2.27. The Balaban J connectivity index is 2.10. The van der Waals surface area contributed by atoms with Crippen molar-refractivity contribution in [2.45, 2.75) is 32.0 Å². The van der Waals surface area contributed by atoms with Crippen LogP contribution in [0.4, 0.5) is 19.0 Å². The van der Waals surface area contributed by atoms with Crippen molar-refractivity contribution >= 4 is 5.82 Å². The smallest absolute Gasteiger partial charge is 0.389 e. The number of nitrogens with zero attached hydrogens (tertiary/aromatic N) is 2. The lowest BCUT2D eigenvalue weighted by Crippen LogP contribution is -2.39. The topological polar surface area (TPSA) is 36.4 Å². The molecule has 1 unspecified atom stereocenters. The predicted molar refractivity (Wildman–Crippen MR) is 65.9 cm³/mol. The van der Waals surface area contributed by atoms with Crippen molar-refractivity contribution in [3.8, 4) is 0 Å². The molecule has 0 aliphatic carbocycles. The molecule has 0 spiro atoms. The highest BCUT2D eigenvalue weighted by Crippen LogP contribution is 2.36. The fourth-order valence-electron chi connectivity index (χ4n) is 2.42. The van der Waals surface area contributed by atoms with E-state index in [1.807, 2.05) is 4.90 Å². The SMILES string of the molecule is CC(O)c1cccnc1N1CCC(C(F)(F)F)CC1. The molecule has 0 bridgehead atoms. The quantitative estimate of drug-likeness (QED) is 0.900. The molecule has 1 aliphatic rings. The van der Waals surface area contributed by atoms with Gasteiger partial charge in [0.2, 0.25) is 0 Å². The lowest BCUT2D eigenvalue weighted by atomic mass is 9.96. The van der Waals surface area contributed by atoms with Crippen molar-refractivity contribution in [3.05, 3.63) is 23.9 Å². The summed E-state index contributed by atoms with van der Waals surface area (Å²) in [6, 6.07) is 3.47. The second-order valence-corrected chi connectivity index (χ2v) is 4.90. The van der Waals surface area contributed by atoms with Gasteiger partial charge in [-0.1, -0.05) is 6.07 Å². The van der Waals surface area contributed by atoms with Crippen LogP contribution >= 0.6 is 0 Å². The number of aliphatic hydroxyl groups excluding tert-OH is 1. The standard InChI is InChI=1S/C13H17F3N2O/c1-9(19)11-3-2-6-17-12(11)18-7-4-10(5-8-18)13(14,15)16/h2-3,6,9-10,19H,4-5,7-8H2,1H3. The molecule has 106 valence electrons. The molecule has 1 N–H and O–H groups in total. The lowest BCUT2D eigenvalue weighted by Gasteiger charge is -2.34. The number of halogens is 3. The van der Waals surface area contributed by atoms with Gasteiger partial charge in [0, 0.05) is 24.8 Å². The molecule has 1 aliphatic heterocycles. The maximum Gasteiger partial charge on any atom is 0.391 e. The van der Waals surface area contributed by atoms with Crippen LogP contribution in [0.2, 0.25) is 0 Å². The molecule has 1 fully saturated rings. The van der Waals surface area contributed by atoms with Crippen LogP contribution in [-0.4, -0.2) is 29.4 Å². The van der Waals surface area contributed by atoms with E-state index in [0.717, 1.165) is 0 Å². The Morgan fingerprint density at radius 2 is 2.00 bits per heavy atom. The first kappa shape index (κ1) is 14.1. The molecule has 0 aromatic carbocycles. The van der Waals surface area contributed by atoms with Gasteiger partial charge >= 0.3 is 6.18 Å². The largest absolute Gasteiger partial charge is 0.391 e. The molecule has 1 saturated heterocycles. The van der Waals surface area contributed by atoms with E-state index in [-0.39, 0.29) is 12.8 Å². The van der Waals surface area contributed by atoms with E-state index in [9.17, 15) is 18.3 Å². The van der Waals surface area contributed by atoms with Crippen LogP contribution in [0.25, 0.3) is 0 Å². The van der Waals surface area contributed by atoms with Crippen LogP contribution in [0.3, 0.4) is 0 Å². The molecular weight excluding hydrogens is 257 g/mol. The number of piperidine rings is 1. The van der Waals surface area contributed by atoms with E-state index in [4.69, 9.17) is 0 Å². The number of hydrogen-bond acceptors (Lipinski definition) is 3. The third-order valence-electron chi connectivity index (χ3n) is 3.52. The highest BCUT2D eigenvalue weighted by atomic mass is 19.4. The van der Waals surface area contributed by atoms with Crippen LogP contribution in [0.15, 0.2) is 18.3 Å². The molecule has 0 amide bonds. The maximum atomic E-state index is 12.6. The van der Waals surface area contributed by atoms with Gasteiger partial charge in [0.15, 0.2) is 0 Å². The van der Waals surface area contributed by atoms with E-state index < -0.39 is 18.2 Å². The van der Waals surface area contributed by atoms with Gasteiger partial charge in [0.25, 0.3) is 0 Å². The van der Waals surface area contributed by atoms with Crippen molar-refractivity contribution in [1.29, 1.82) is 0 Å². The van der Waals surface area contributed by atoms with Crippen molar-refractivity contribution in [2.75, 3.05) is 18.0 Å². The molecule has 6 heteroatoms. The van der Waals surface area contributed by atoms with Gasteiger partial charge in [-0.15, -0.1) is 0 Å². The first-order valence-corrected chi connectivity index (χ1v) is 6.34. The molecule has 1 aromatic heterocycles. The van der Waals surface area contributed by atoms with Gasteiger partial charge in [0.1, 0.15) is 5.82 Å². The summed E-state index contributed by atoms with van der Waals surface area (Å²) in [4.78, 5) is 6.02. The Labute approximate surface area is 110 Å². The number of anilines is 1. The fraction of sp³-hybridized carbons (Fsp3) is 0.615. The first-order chi connectivity index (χ1) is 8.89. The third-order valence-corrected chi connectivity index (χ3v) is 3.52. The molecule has 1 atom stereocenters. The number of aliphatic hydroxyl groups is 1. The van der Waals surface area contributed by atoms with Crippen molar-refractivity contribution in [1.82, 2.24) is 4.98 Å². The molecule has 2 rings (SSSR count). The van der Waals surface area contributed by atoms with E-state index in [1.54, 1.807) is 25.3 Å². The molecule has 19 heavy (non-hydrogen) atoms. The van der Waals surface area contributed by atoms with Crippen LogP contribution in [-0.2, 0) is 0 Å². The third kappa shape index (κ3) is 3.18. The van der Waals surface area contributed by atoms with Gasteiger partial charge in [-0.05, 0) is 25.8 Å². The highest BCUT2D eigenvalue weighted by Gasteiger charge is 2.41. The summed E-state index contributed by atoms with van der Waals surface area (Å²) >= 11 is 0. The van der Waals surface area contributed by atoms with Gasteiger partial charge in [-0.2, -0.15) is 13.2 Å². The number of pyridine rings is 1. The normalized spacial score (nSPS) is 19.5. The molecule has 0 radical (unpaired) electrons. The van der Waals surface area contributed by atoms with Crippen molar-refractivity contribution < 1.29 is 18.3 Å². The summed E-state index contributed by atoms with van der Waals surface area (Å²) < 4.78 is 37.8. The summed E-state index contributed by atoms with van der Waals surface area (Å²) in [5.41, 5.74) is 0.660. The van der Waals surface area contributed by atoms with Gasteiger partial charge < -0.3 is 10.0 Å². The summed E-state index contributed by atoms with van der Waals surface area (Å²) in [5, 5.41) is 9.67. The molecule has 3 nitrogen and oxygen atoms in total. The zero-order chi connectivity index (χ0) is 14.0. The average molecular weight is 274 g/mol. The minimum atomic E-state index is -4.11. The Morgan fingerprint density at radius 1 is 1.37 bits per heavy atom.